The molecule has 1 fully saturated rings. The maximum atomic E-state index is 11.3. The van der Waals surface area contributed by atoms with Crippen molar-refractivity contribution in [2.24, 2.45) is 5.92 Å². The Labute approximate surface area is 111 Å². The molecule has 0 spiro atoms. The molecule has 5 heteroatoms. The molecule has 0 aliphatic carbocycles. The second-order valence-corrected chi connectivity index (χ2v) is 12.1. The van der Waals surface area contributed by atoms with Gasteiger partial charge in [0.2, 0.25) is 0 Å². The quantitative estimate of drug-likeness (QED) is 0.720. The second-order valence-electron chi connectivity index (χ2n) is 6.38. The number of nitrogens with zero attached hydrogens (tertiary/aromatic N) is 1. The van der Waals surface area contributed by atoms with Gasteiger partial charge < -0.3 is 14.7 Å². The summed E-state index contributed by atoms with van der Waals surface area (Å²) in [6, 6.07) is 0. The van der Waals surface area contributed by atoms with Crippen LogP contribution in [-0.4, -0.2) is 38.2 Å². The van der Waals surface area contributed by atoms with Crippen molar-refractivity contribution in [1.82, 2.24) is 5.06 Å². The van der Waals surface area contributed by atoms with E-state index in [0.29, 0.717) is 12.5 Å². The van der Waals surface area contributed by atoms with Crippen molar-refractivity contribution < 1.29 is 4.43 Å². The van der Waals surface area contributed by atoms with Crippen LogP contribution in [0.15, 0.2) is 0 Å². The van der Waals surface area contributed by atoms with Gasteiger partial charge in [0.15, 0.2) is 8.32 Å². The molecule has 3 nitrogen and oxygen atoms in total. The molecule has 0 saturated carbocycles. The van der Waals surface area contributed by atoms with E-state index in [1.165, 1.54) is 5.06 Å². The average molecular weight is 276 g/mol. The summed E-state index contributed by atoms with van der Waals surface area (Å²) in [5.74, 6) is 0.521. The van der Waals surface area contributed by atoms with Crippen LogP contribution in [-0.2, 0) is 4.43 Å². The molecule has 1 saturated heterocycles. The number of thioether (sulfide) groups is 1. The Kier molecular flexibility index (Phi) is 5.12. The summed E-state index contributed by atoms with van der Waals surface area (Å²) in [6.45, 7) is 12.8. The van der Waals surface area contributed by atoms with Gasteiger partial charge in [0.05, 0.1) is 0 Å². The van der Waals surface area contributed by atoms with Crippen LogP contribution in [0.3, 0.4) is 0 Å². The lowest BCUT2D eigenvalue weighted by Gasteiger charge is -2.52. The van der Waals surface area contributed by atoms with E-state index < -0.39 is 8.32 Å². The Hall–Kier alpha value is 0.447. The Morgan fingerprint density at radius 2 is 2.00 bits per heavy atom. The van der Waals surface area contributed by atoms with E-state index >= 15 is 0 Å². The highest BCUT2D eigenvalue weighted by molar-refractivity contribution is 7.99. The highest BCUT2D eigenvalue weighted by atomic mass is 32.2. The Morgan fingerprint density at radius 3 is 2.41 bits per heavy atom. The highest BCUT2D eigenvalue weighted by Gasteiger charge is 2.38. The zero-order valence-electron chi connectivity index (χ0n) is 11.9. The first-order valence-corrected chi connectivity index (χ1v) is 10.5. The summed E-state index contributed by atoms with van der Waals surface area (Å²) in [5.41, 5.74) is 0. The average Bonchev–Trinajstić information content (AvgIpc) is 2.14. The molecule has 2 atom stereocenters. The Morgan fingerprint density at radius 1 is 1.41 bits per heavy atom. The third kappa shape index (κ3) is 3.70. The molecule has 1 aliphatic rings. The zero-order valence-corrected chi connectivity index (χ0v) is 13.8. The van der Waals surface area contributed by atoms with Gasteiger partial charge in [0, 0.05) is 12.0 Å². The topological polar surface area (TPSA) is 35.5 Å². The summed E-state index contributed by atoms with van der Waals surface area (Å²) in [6.07, 6.45) is 3.03. The largest absolute Gasteiger partial charge is 0.784 e. The summed E-state index contributed by atoms with van der Waals surface area (Å²) >= 11 is 1.66. The second kappa shape index (κ2) is 5.61. The van der Waals surface area contributed by atoms with Gasteiger partial charge in [-0.1, -0.05) is 20.8 Å². The van der Waals surface area contributed by atoms with E-state index in [4.69, 9.17) is 4.43 Å². The van der Waals surface area contributed by atoms with Crippen LogP contribution in [0, 0.1) is 11.1 Å². The minimum atomic E-state index is -1.61. The molecule has 0 aromatic rings. The summed E-state index contributed by atoms with van der Waals surface area (Å²) < 4.78 is 6.14. The molecule has 0 aromatic heterocycles. The summed E-state index contributed by atoms with van der Waals surface area (Å²) in [4.78, 5) is 0. The fraction of sp³-hybridized carbons (Fsp3) is 1.00. The standard InChI is InChI=1S/C12H26NO2SSi/c1-12(2,3)17(5,6)15-8-7-10-9-13(14)11(10)16-4/h10-11H,7-9H2,1-6H3/q-1/t10-,11+/m0/s1. The molecule has 0 bridgehead atoms. The lowest BCUT2D eigenvalue weighted by molar-refractivity contribution is 0.105. The first kappa shape index (κ1) is 15.5. The molecule has 0 unspecified atom stereocenters. The van der Waals surface area contributed by atoms with Crippen molar-refractivity contribution in [3.05, 3.63) is 5.21 Å². The van der Waals surface area contributed by atoms with Gasteiger partial charge in [0.25, 0.3) is 0 Å². The third-order valence-electron chi connectivity index (χ3n) is 4.10. The summed E-state index contributed by atoms with van der Waals surface area (Å²) in [7, 11) is -1.61. The summed E-state index contributed by atoms with van der Waals surface area (Å²) in [5, 5.41) is 12.9. The molecule has 0 aromatic carbocycles. The van der Waals surface area contributed by atoms with E-state index in [2.05, 4.69) is 33.9 Å². The molecule has 1 rings (SSSR count). The Balaban J connectivity index is 2.29. The van der Waals surface area contributed by atoms with Crippen molar-refractivity contribution >= 4 is 20.1 Å². The van der Waals surface area contributed by atoms with Gasteiger partial charge in [-0.25, -0.2) is 0 Å². The van der Waals surface area contributed by atoms with Gasteiger partial charge in [-0.2, -0.15) is 0 Å². The molecule has 0 radical (unpaired) electrons. The van der Waals surface area contributed by atoms with Crippen molar-refractivity contribution in [2.75, 3.05) is 19.4 Å². The van der Waals surface area contributed by atoms with Gasteiger partial charge in [-0.15, -0.1) is 11.8 Å². The Bertz CT molecular complexity index is 255. The molecule has 0 N–H and O–H groups in total. The fourth-order valence-electron chi connectivity index (χ4n) is 1.75. The number of rotatable bonds is 5. The predicted molar refractivity (Wildman–Crippen MR) is 78.6 cm³/mol. The first-order chi connectivity index (χ1) is 7.69. The highest BCUT2D eigenvalue weighted by Crippen LogP contribution is 2.38. The first-order valence-electron chi connectivity index (χ1n) is 6.29. The van der Waals surface area contributed by atoms with Crippen LogP contribution >= 0.6 is 11.8 Å². The molecule has 17 heavy (non-hydrogen) atoms. The number of hydrogen-bond donors (Lipinski definition) is 0. The third-order valence-corrected chi connectivity index (χ3v) is 9.74. The van der Waals surface area contributed by atoms with Gasteiger partial charge >= 0.3 is 0 Å². The molecule has 1 aliphatic heterocycles. The van der Waals surface area contributed by atoms with Crippen LogP contribution in [0.2, 0.25) is 18.1 Å². The molecule has 1 heterocycles. The molecular formula is C12H26NO2SSi-. The SMILES string of the molecule is CS[C@@H]1[C@@H](CCO[Si](C)(C)C(C)(C)C)CN1[O-]. The molecule has 102 valence electrons. The van der Waals surface area contributed by atoms with E-state index in [9.17, 15) is 5.21 Å². The van der Waals surface area contributed by atoms with E-state index in [0.717, 1.165) is 13.0 Å². The van der Waals surface area contributed by atoms with Crippen LogP contribution in [0.25, 0.3) is 0 Å². The lowest BCUT2D eigenvalue weighted by Crippen LogP contribution is -2.51. The lowest BCUT2D eigenvalue weighted by atomic mass is 9.99. The van der Waals surface area contributed by atoms with Crippen molar-refractivity contribution in [3.63, 3.8) is 0 Å². The van der Waals surface area contributed by atoms with Crippen LogP contribution < -0.4 is 0 Å². The van der Waals surface area contributed by atoms with Crippen LogP contribution in [0.4, 0.5) is 0 Å². The minimum Gasteiger partial charge on any atom is -0.784 e. The minimum absolute atomic E-state index is 0.165. The number of hydrogen-bond acceptors (Lipinski definition) is 4. The number of hydroxylamine groups is 2. The zero-order chi connectivity index (χ0) is 13.3. The van der Waals surface area contributed by atoms with E-state index in [1.807, 2.05) is 6.26 Å². The smallest absolute Gasteiger partial charge is 0.191 e. The van der Waals surface area contributed by atoms with E-state index in [-0.39, 0.29) is 10.4 Å². The fourth-order valence-corrected chi connectivity index (χ4v) is 3.74. The van der Waals surface area contributed by atoms with Gasteiger partial charge in [-0.3, -0.25) is 0 Å². The maximum absolute atomic E-state index is 11.3. The van der Waals surface area contributed by atoms with Gasteiger partial charge in [-0.05, 0) is 43.3 Å². The van der Waals surface area contributed by atoms with Gasteiger partial charge in [0.1, 0.15) is 0 Å². The predicted octanol–water partition coefficient (Wildman–Crippen LogP) is 3.52. The maximum Gasteiger partial charge on any atom is 0.191 e. The van der Waals surface area contributed by atoms with Crippen molar-refractivity contribution in [1.29, 1.82) is 0 Å². The molecule has 0 amide bonds. The van der Waals surface area contributed by atoms with Crippen molar-refractivity contribution in [2.45, 2.75) is 50.7 Å². The van der Waals surface area contributed by atoms with Crippen molar-refractivity contribution in [3.8, 4) is 0 Å². The monoisotopic (exact) mass is 276 g/mol. The molecular weight excluding hydrogens is 250 g/mol. The van der Waals surface area contributed by atoms with Crippen LogP contribution in [0.1, 0.15) is 27.2 Å². The van der Waals surface area contributed by atoms with Crippen LogP contribution in [0.5, 0.6) is 0 Å². The normalized spacial score (nSPS) is 27.0. The van der Waals surface area contributed by atoms with E-state index in [1.54, 1.807) is 11.8 Å².